The van der Waals surface area contributed by atoms with Crippen molar-refractivity contribution >= 4 is 17.3 Å². The quantitative estimate of drug-likeness (QED) is 0.593. The summed E-state index contributed by atoms with van der Waals surface area (Å²) in [7, 11) is 4.05. The summed E-state index contributed by atoms with van der Waals surface area (Å²) in [4.78, 5) is 11.4. The Labute approximate surface area is 144 Å². The SMILES string of the molecule is CN=C(NCCN(C)C1CCCC1)NCc1nc(C(C)C)cs1. The molecule has 0 saturated heterocycles. The van der Waals surface area contributed by atoms with E-state index < -0.39 is 0 Å². The molecule has 2 N–H and O–H groups in total. The minimum Gasteiger partial charge on any atom is -0.355 e. The van der Waals surface area contributed by atoms with Crippen LogP contribution in [-0.4, -0.2) is 49.1 Å². The van der Waals surface area contributed by atoms with Gasteiger partial charge in [0.1, 0.15) is 5.01 Å². The molecule has 1 heterocycles. The maximum atomic E-state index is 4.64. The molecule has 0 atom stereocenters. The van der Waals surface area contributed by atoms with Gasteiger partial charge in [-0.05, 0) is 25.8 Å². The molecule has 23 heavy (non-hydrogen) atoms. The van der Waals surface area contributed by atoms with Crippen molar-refractivity contribution in [1.82, 2.24) is 20.5 Å². The first-order valence-electron chi connectivity index (χ1n) is 8.69. The molecule has 0 radical (unpaired) electrons. The molecule has 0 aromatic carbocycles. The highest BCUT2D eigenvalue weighted by Crippen LogP contribution is 2.21. The van der Waals surface area contributed by atoms with E-state index in [4.69, 9.17) is 0 Å². The smallest absolute Gasteiger partial charge is 0.191 e. The lowest BCUT2D eigenvalue weighted by Gasteiger charge is -2.24. The van der Waals surface area contributed by atoms with Crippen LogP contribution in [-0.2, 0) is 6.54 Å². The van der Waals surface area contributed by atoms with Crippen molar-refractivity contribution < 1.29 is 0 Å². The molecule has 1 aromatic heterocycles. The third-order valence-electron chi connectivity index (χ3n) is 4.50. The van der Waals surface area contributed by atoms with Crippen molar-refractivity contribution in [2.45, 2.75) is 58.0 Å². The van der Waals surface area contributed by atoms with Gasteiger partial charge in [-0.1, -0.05) is 26.7 Å². The fourth-order valence-corrected chi connectivity index (χ4v) is 3.82. The normalized spacial score (nSPS) is 16.5. The van der Waals surface area contributed by atoms with E-state index in [1.54, 1.807) is 11.3 Å². The number of likely N-dealkylation sites (N-methyl/N-ethyl adjacent to an activating group) is 1. The van der Waals surface area contributed by atoms with E-state index in [-0.39, 0.29) is 0 Å². The lowest BCUT2D eigenvalue weighted by molar-refractivity contribution is 0.249. The van der Waals surface area contributed by atoms with Gasteiger partial charge in [0.15, 0.2) is 5.96 Å². The van der Waals surface area contributed by atoms with Gasteiger partial charge in [0.05, 0.1) is 12.2 Å². The molecule has 0 unspecified atom stereocenters. The number of aromatic nitrogens is 1. The number of thiazole rings is 1. The predicted molar refractivity (Wildman–Crippen MR) is 99.3 cm³/mol. The van der Waals surface area contributed by atoms with E-state index in [0.717, 1.165) is 36.6 Å². The van der Waals surface area contributed by atoms with Crippen LogP contribution in [0.5, 0.6) is 0 Å². The molecule has 130 valence electrons. The second-order valence-corrected chi connectivity index (χ2v) is 7.53. The van der Waals surface area contributed by atoms with Crippen molar-refractivity contribution in [3.63, 3.8) is 0 Å². The van der Waals surface area contributed by atoms with Gasteiger partial charge >= 0.3 is 0 Å². The van der Waals surface area contributed by atoms with Gasteiger partial charge < -0.3 is 15.5 Å². The van der Waals surface area contributed by atoms with Gasteiger partial charge in [-0.25, -0.2) is 4.98 Å². The Morgan fingerprint density at radius 2 is 2.13 bits per heavy atom. The molecule has 2 rings (SSSR count). The van der Waals surface area contributed by atoms with Crippen molar-refractivity contribution in [2.24, 2.45) is 4.99 Å². The van der Waals surface area contributed by atoms with E-state index in [0.29, 0.717) is 5.92 Å². The number of guanidine groups is 1. The Balaban J connectivity index is 1.68. The minimum absolute atomic E-state index is 0.489. The lowest BCUT2D eigenvalue weighted by Crippen LogP contribution is -2.42. The van der Waals surface area contributed by atoms with Gasteiger partial charge in [0, 0.05) is 31.6 Å². The maximum Gasteiger partial charge on any atom is 0.191 e. The van der Waals surface area contributed by atoms with E-state index in [9.17, 15) is 0 Å². The highest BCUT2D eigenvalue weighted by Gasteiger charge is 2.18. The Bertz CT molecular complexity index is 491. The standard InChI is InChI=1S/C17H31N5S/c1-13(2)15-12-23-16(21-15)11-20-17(18-3)19-9-10-22(4)14-7-5-6-8-14/h12-14H,5-11H2,1-4H3,(H2,18,19,20). The Morgan fingerprint density at radius 1 is 1.39 bits per heavy atom. The van der Waals surface area contributed by atoms with Crippen LogP contribution < -0.4 is 10.6 Å². The first-order chi connectivity index (χ1) is 11.1. The van der Waals surface area contributed by atoms with Gasteiger partial charge in [-0.3, -0.25) is 4.99 Å². The third kappa shape index (κ3) is 5.77. The molecular formula is C17H31N5S. The summed E-state index contributed by atoms with van der Waals surface area (Å²) in [5, 5.41) is 10.0. The van der Waals surface area contributed by atoms with Gasteiger partial charge in [0.25, 0.3) is 0 Å². The first-order valence-corrected chi connectivity index (χ1v) is 9.57. The number of rotatable bonds is 7. The molecule has 1 fully saturated rings. The molecule has 0 aliphatic heterocycles. The summed E-state index contributed by atoms with van der Waals surface area (Å²) >= 11 is 1.71. The molecule has 1 aromatic rings. The zero-order valence-corrected chi connectivity index (χ0v) is 15.7. The number of hydrogen-bond acceptors (Lipinski definition) is 4. The maximum absolute atomic E-state index is 4.64. The predicted octanol–water partition coefficient (Wildman–Crippen LogP) is 2.81. The third-order valence-corrected chi connectivity index (χ3v) is 5.36. The van der Waals surface area contributed by atoms with Gasteiger partial charge in [-0.2, -0.15) is 0 Å². The number of nitrogens with one attached hydrogen (secondary N) is 2. The molecular weight excluding hydrogens is 306 g/mol. The van der Waals surface area contributed by atoms with E-state index in [2.05, 4.69) is 51.8 Å². The van der Waals surface area contributed by atoms with E-state index in [1.807, 2.05) is 7.05 Å². The van der Waals surface area contributed by atoms with Crippen LogP contribution in [0.25, 0.3) is 0 Å². The second kappa shape index (κ2) is 9.23. The summed E-state index contributed by atoms with van der Waals surface area (Å²) in [5.74, 6) is 1.34. The van der Waals surface area contributed by atoms with Crippen molar-refractivity contribution in [2.75, 3.05) is 27.2 Å². The largest absolute Gasteiger partial charge is 0.355 e. The lowest BCUT2D eigenvalue weighted by atomic mass is 10.2. The molecule has 5 nitrogen and oxygen atoms in total. The highest BCUT2D eigenvalue weighted by molar-refractivity contribution is 7.09. The van der Waals surface area contributed by atoms with Crippen molar-refractivity contribution in [3.8, 4) is 0 Å². The van der Waals surface area contributed by atoms with Crippen molar-refractivity contribution in [1.29, 1.82) is 0 Å². The molecule has 0 spiro atoms. The molecule has 0 amide bonds. The summed E-state index contributed by atoms with van der Waals surface area (Å²) in [5.41, 5.74) is 1.17. The average molecular weight is 338 g/mol. The zero-order valence-electron chi connectivity index (χ0n) is 14.9. The van der Waals surface area contributed by atoms with Crippen LogP contribution in [0, 0.1) is 0 Å². The van der Waals surface area contributed by atoms with Crippen LogP contribution >= 0.6 is 11.3 Å². The minimum atomic E-state index is 0.489. The fourth-order valence-electron chi connectivity index (χ4n) is 2.93. The van der Waals surface area contributed by atoms with Gasteiger partial charge in [0.2, 0.25) is 0 Å². The van der Waals surface area contributed by atoms with Crippen LogP contribution in [0.2, 0.25) is 0 Å². The van der Waals surface area contributed by atoms with Crippen molar-refractivity contribution in [3.05, 3.63) is 16.1 Å². The molecule has 1 aliphatic rings. The first kappa shape index (κ1) is 18.2. The van der Waals surface area contributed by atoms with Crippen LogP contribution in [0.15, 0.2) is 10.4 Å². The molecule has 0 bridgehead atoms. The molecule has 1 aliphatic carbocycles. The van der Waals surface area contributed by atoms with Crippen LogP contribution in [0.4, 0.5) is 0 Å². The Morgan fingerprint density at radius 3 is 2.74 bits per heavy atom. The summed E-state index contributed by atoms with van der Waals surface area (Å²) in [6.07, 6.45) is 5.48. The Hall–Kier alpha value is -1.14. The Kier molecular flexibility index (Phi) is 7.30. The summed E-state index contributed by atoms with van der Waals surface area (Å²) < 4.78 is 0. The fraction of sp³-hybridized carbons (Fsp3) is 0.765. The van der Waals surface area contributed by atoms with E-state index >= 15 is 0 Å². The number of aliphatic imine (C=N–C) groups is 1. The van der Waals surface area contributed by atoms with Crippen LogP contribution in [0.3, 0.4) is 0 Å². The number of hydrogen-bond donors (Lipinski definition) is 2. The van der Waals surface area contributed by atoms with Crippen LogP contribution in [0.1, 0.15) is 56.2 Å². The second-order valence-electron chi connectivity index (χ2n) is 6.59. The van der Waals surface area contributed by atoms with E-state index in [1.165, 1.54) is 31.4 Å². The monoisotopic (exact) mass is 337 g/mol. The summed E-state index contributed by atoms with van der Waals surface area (Å²) in [6, 6.07) is 0.775. The summed E-state index contributed by atoms with van der Waals surface area (Å²) in [6.45, 7) is 7.05. The number of nitrogens with zero attached hydrogens (tertiary/aromatic N) is 3. The highest BCUT2D eigenvalue weighted by atomic mass is 32.1. The topological polar surface area (TPSA) is 52.6 Å². The molecule has 1 saturated carbocycles. The zero-order chi connectivity index (χ0) is 16.7. The van der Waals surface area contributed by atoms with Gasteiger partial charge in [-0.15, -0.1) is 11.3 Å². The average Bonchev–Trinajstić information content (AvgIpc) is 3.21. The molecule has 6 heteroatoms.